The summed E-state index contributed by atoms with van der Waals surface area (Å²) in [5, 5.41) is 38.5. The molecule has 0 fully saturated rings. The summed E-state index contributed by atoms with van der Waals surface area (Å²) < 4.78 is 2.14. The Bertz CT molecular complexity index is 2890. The Morgan fingerprint density at radius 3 is 1.31 bits per heavy atom. The van der Waals surface area contributed by atoms with E-state index in [1.165, 1.54) is 0 Å². The molecule has 0 N–H and O–H groups in total. The maximum Gasteiger partial charge on any atom is 0.101 e. The molecular formula is C47H26N4. The first kappa shape index (κ1) is 29.7. The van der Waals surface area contributed by atoms with Gasteiger partial charge in [0.25, 0.3) is 0 Å². The molecule has 9 rings (SSSR count). The first-order chi connectivity index (χ1) is 25.2. The average molecular weight is 647 g/mol. The molecule has 51 heavy (non-hydrogen) atoms. The van der Waals surface area contributed by atoms with Gasteiger partial charge in [-0.2, -0.15) is 15.8 Å². The van der Waals surface area contributed by atoms with Gasteiger partial charge in [-0.3, -0.25) is 0 Å². The third kappa shape index (κ3) is 4.44. The Hall–Kier alpha value is -7.45. The van der Waals surface area contributed by atoms with Gasteiger partial charge >= 0.3 is 0 Å². The lowest BCUT2D eigenvalue weighted by Crippen LogP contribution is -2.04. The van der Waals surface area contributed by atoms with E-state index in [1.54, 1.807) is 12.1 Å². The number of hydrogen-bond donors (Lipinski definition) is 0. The highest BCUT2D eigenvalue weighted by Gasteiger charge is 2.27. The highest BCUT2D eigenvalue weighted by molar-refractivity contribution is 6.23. The smallest absolute Gasteiger partial charge is 0.101 e. The van der Waals surface area contributed by atoms with E-state index in [4.69, 9.17) is 0 Å². The van der Waals surface area contributed by atoms with Crippen LogP contribution in [0.4, 0.5) is 0 Å². The monoisotopic (exact) mass is 646 g/mol. The van der Waals surface area contributed by atoms with E-state index < -0.39 is 0 Å². The second kappa shape index (κ2) is 11.9. The highest BCUT2D eigenvalue weighted by Crippen LogP contribution is 2.49. The van der Waals surface area contributed by atoms with Crippen molar-refractivity contribution in [3.05, 3.63) is 174 Å². The van der Waals surface area contributed by atoms with Crippen molar-refractivity contribution in [2.75, 3.05) is 0 Å². The fraction of sp³-hybridized carbons (Fsp3) is 0. The van der Waals surface area contributed by atoms with Crippen molar-refractivity contribution in [1.29, 1.82) is 15.8 Å². The van der Waals surface area contributed by atoms with E-state index in [0.29, 0.717) is 39.1 Å². The fourth-order valence-corrected chi connectivity index (χ4v) is 7.88. The van der Waals surface area contributed by atoms with Crippen molar-refractivity contribution in [3.63, 3.8) is 0 Å². The molecule has 0 radical (unpaired) electrons. The Kier molecular flexibility index (Phi) is 6.93. The largest absolute Gasteiger partial charge is 0.307 e. The van der Waals surface area contributed by atoms with E-state index in [1.807, 2.05) is 84.9 Å². The molecule has 0 amide bonds. The van der Waals surface area contributed by atoms with Gasteiger partial charge in [-0.25, -0.2) is 0 Å². The summed E-state index contributed by atoms with van der Waals surface area (Å²) >= 11 is 0. The molecule has 9 aromatic rings. The van der Waals surface area contributed by atoms with E-state index >= 15 is 0 Å². The van der Waals surface area contributed by atoms with Crippen LogP contribution in [-0.4, -0.2) is 4.57 Å². The molecule has 0 aliphatic heterocycles. The molecule has 1 aromatic heterocycles. The summed E-state index contributed by atoms with van der Waals surface area (Å²) in [7, 11) is 0. The van der Waals surface area contributed by atoms with Crippen molar-refractivity contribution in [3.8, 4) is 57.3 Å². The van der Waals surface area contributed by atoms with Gasteiger partial charge in [0.05, 0.1) is 45.5 Å². The topological polar surface area (TPSA) is 76.3 Å². The average Bonchev–Trinajstić information content (AvgIpc) is 3.53. The summed E-state index contributed by atoms with van der Waals surface area (Å²) in [5.41, 5.74) is 8.95. The summed E-state index contributed by atoms with van der Waals surface area (Å²) in [4.78, 5) is 0. The Labute approximate surface area is 294 Å². The van der Waals surface area contributed by atoms with Crippen LogP contribution in [0.3, 0.4) is 0 Å². The lowest BCUT2D eigenvalue weighted by Gasteiger charge is -2.23. The van der Waals surface area contributed by atoms with Gasteiger partial charge in [-0.05, 0) is 68.6 Å². The zero-order chi connectivity index (χ0) is 34.5. The molecule has 0 saturated heterocycles. The molecule has 4 heteroatoms. The zero-order valence-electron chi connectivity index (χ0n) is 27.3. The number of benzene rings is 8. The highest BCUT2D eigenvalue weighted by atomic mass is 15.0. The van der Waals surface area contributed by atoms with Crippen LogP contribution in [-0.2, 0) is 0 Å². The van der Waals surface area contributed by atoms with E-state index in [2.05, 4.69) is 83.4 Å². The summed E-state index contributed by atoms with van der Waals surface area (Å²) in [6.45, 7) is 0. The van der Waals surface area contributed by atoms with Gasteiger partial charge in [0, 0.05) is 27.5 Å². The second-order valence-electron chi connectivity index (χ2n) is 12.5. The molecule has 0 aliphatic rings. The number of fused-ring (bicyclic) bond motifs is 5. The molecule has 234 valence electrons. The molecular weight excluding hydrogens is 621 g/mol. The third-order valence-electron chi connectivity index (χ3n) is 9.92. The van der Waals surface area contributed by atoms with Crippen LogP contribution in [0.2, 0.25) is 0 Å². The van der Waals surface area contributed by atoms with Gasteiger partial charge in [0.1, 0.15) is 6.07 Å². The van der Waals surface area contributed by atoms with E-state index in [0.717, 1.165) is 60.0 Å². The van der Waals surface area contributed by atoms with Crippen molar-refractivity contribution in [1.82, 2.24) is 4.57 Å². The summed E-state index contributed by atoms with van der Waals surface area (Å²) in [6.07, 6.45) is 0. The molecule has 0 bridgehead atoms. The van der Waals surface area contributed by atoms with Crippen LogP contribution in [0.1, 0.15) is 16.7 Å². The summed E-state index contributed by atoms with van der Waals surface area (Å²) in [6, 6.07) is 59.9. The molecule has 8 aromatic carbocycles. The van der Waals surface area contributed by atoms with E-state index in [9.17, 15) is 15.8 Å². The van der Waals surface area contributed by atoms with Crippen molar-refractivity contribution < 1.29 is 0 Å². The predicted molar refractivity (Wildman–Crippen MR) is 206 cm³/mol. The van der Waals surface area contributed by atoms with Crippen LogP contribution in [0.25, 0.3) is 82.4 Å². The molecule has 1 heterocycles. The molecule has 0 unspecified atom stereocenters. The van der Waals surface area contributed by atoms with Crippen LogP contribution in [0, 0.1) is 34.0 Å². The summed E-state index contributed by atoms with van der Waals surface area (Å²) in [5.74, 6) is 0. The lowest BCUT2D eigenvalue weighted by molar-refractivity contribution is 1.17. The first-order valence-corrected chi connectivity index (χ1v) is 16.7. The normalized spacial score (nSPS) is 11.1. The number of rotatable bonds is 4. The minimum Gasteiger partial charge on any atom is -0.307 e. The maximum atomic E-state index is 10.8. The van der Waals surface area contributed by atoms with Gasteiger partial charge < -0.3 is 4.57 Å². The SMILES string of the molecule is N#Cc1ccc(C#N)c(-c2c3ccccc3c(-c3ccccc3)c3ccccc23)c1-c1cccc(C#N)c1-n1c2ccccc2c2ccccc21. The second-order valence-corrected chi connectivity index (χ2v) is 12.5. The van der Waals surface area contributed by atoms with Gasteiger partial charge in [-0.1, -0.05) is 127 Å². The van der Waals surface area contributed by atoms with Crippen molar-refractivity contribution in [2.45, 2.75) is 0 Å². The standard InChI is InChI=1S/C47H26N4/c48-27-31-25-26-32(28-49)45(46-38-20-6-4-18-36(38)43(30-13-2-1-3-14-30)37-19-5-7-21-39(37)46)44(31)40-22-12-15-33(29-50)47(40)51-41-23-10-8-16-34(41)35-17-9-11-24-42(35)51/h1-26H. The minimum atomic E-state index is 0.418. The van der Waals surface area contributed by atoms with Gasteiger partial charge in [-0.15, -0.1) is 0 Å². The van der Waals surface area contributed by atoms with Crippen LogP contribution in [0.5, 0.6) is 0 Å². The third-order valence-corrected chi connectivity index (χ3v) is 9.92. The number of aromatic nitrogens is 1. The minimum absolute atomic E-state index is 0.418. The Balaban J connectivity index is 1.49. The predicted octanol–water partition coefficient (Wildman–Crippen LogP) is 11.7. The fourth-order valence-electron chi connectivity index (χ4n) is 7.88. The van der Waals surface area contributed by atoms with Crippen LogP contribution < -0.4 is 0 Å². The van der Waals surface area contributed by atoms with Crippen LogP contribution >= 0.6 is 0 Å². The number of nitrogens with zero attached hydrogens (tertiary/aromatic N) is 4. The molecule has 0 aliphatic carbocycles. The molecule has 4 nitrogen and oxygen atoms in total. The van der Waals surface area contributed by atoms with Crippen molar-refractivity contribution >= 4 is 43.4 Å². The quantitative estimate of drug-likeness (QED) is 0.179. The number of hydrogen-bond acceptors (Lipinski definition) is 3. The molecule has 0 saturated carbocycles. The maximum absolute atomic E-state index is 10.8. The zero-order valence-corrected chi connectivity index (χ0v) is 27.3. The van der Waals surface area contributed by atoms with E-state index in [-0.39, 0.29) is 0 Å². The van der Waals surface area contributed by atoms with Gasteiger partial charge in [0.15, 0.2) is 0 Å². The molecule has 0 spiro atoms. The number of para-hydroxylation sites is 3. The van der Waals surface area contributed by atoms with Crippen LogP contribution in [0.15, 0.2) is 158 Å². The number of nitriles is 3. The van der Waals surface area contributed by atoms with Crippen molar-refractivity contribution in [2.24, 2.45) is 0 Å². The Morgan fingerprint density at radius 2 is 0.784 bits per heavy atom. The molecule has 0 atom stereocenters. The first-order valence-electron chi connectivity index (χ1n) is 16.7. The van der Waals surface area contributed by atoms with Gasteiger partial charge in [0.2, 0.25) is 0 Å². The Morgan fingerprint density at radius 1 is 0.333 bits per heavy atom. The lowest BCUT2D eigenvalue weighted by atomic mass is 9.80.